The van der Waals surface area contributed by atoms with Crippen LogP contribution in [0, 0.1) is 29.6 Å². The molecule has 5 rings (SSSR count). The van der Waals surface area contributed by atoms with Gasteiger partial charge >= 0.3 is 0 Å². The Morgan fingerprint density at radius 3 is 1.82 bits per heavy atom. The van der Waals surface area contributed by atoms with Gasteiger partial charge in [-0.05, 0) is 68.7 Å². The summed E-state index contributed by atoms with van der Waals surface area (Å²) in [7, 11) is 2.23. The van der Waals surface area contributed by atoms with Crippen LogP contribution >= 0.6 is 24.8 Å². The van der Waals surface area contributed by atoms with Crippen LogP contribution in [0.5, 0.6) is 0 Å². The maximum absolute atomic E-state index is 3.78. The highest BCUT2D eigenvalue weighted by Gasteiger charge is 2.47. The molecule has 132 valence electrons. The molecule has 0 amide bonds. The van der Waals surface area contributed by atoms with Gasteiger partial charge in [-0.15, -0.1) is 24.8 Å². The zero-order valence-corrected chi connectivity index (χ0v) is 15.3. The zero-order valence-electron chi connectivity index (χ0n) is 13.7. The van der Waals surface area contributed by atoms with Crippen LogP contribution in [0.3, 0.4) is 0 Å². The number of hydrogen-bond donors (Lipinski definition) is 1. The first-order valence-electron chi connectivity index (χ1n) is 8.45. The summed E-state index contributed by atoms with van der Waals surface area (Å²) in [6.07, 6.45) is 7.81. The van der Waals surface area contributed by atoms with E-state index >= 15 is 0 Å². The van der Waals surface area contributed by atoms with Gasteiger partial charge in [0.05, 0.1) is 0 Å². The Balaban J connectivity index is 0.000000807. The van der Waals surface area contributed by atoms with E-state index in [0.29, 0.717) is 0 Å². The minimum absolute atomic E-state index is 0. The van der Waals surface area contributed by atoms with Crippen LogP contribution in [0.15, 0.2) is 0 Å². The molecule has 1 saturated heterocycles. The first-order valence-corrected chi connectivity index (χ1v) is 8.45. The summed E-state index contributed by atoms with van der Waals surface area (Å²) in [5.74, 6) is 5.35. The highest BCUT2D eigenvalue weighted by atomic mass is 35.5. The summed E-state index contributed by atoms with van der Waals surface area (Å²) in [5, 5.41) is 2.48. The van der Waals surface area contributed by atoms with Crippen molar-refractivity contribution in [2.75, 3.05) is 39.8 Å². The van der Waals surface area contributed by atoms with Gasteiger partial charge in [-0.2, -0.15) is 0 Å². The van der Waals surface area contributed by atoms with Crippen LogP contribution < -0.4 is 5.43 Å². The third-order valence-corrected chi connectivity index (χ3v) is 6.48. The Morgan fingerprint density at radius 1 is 0.818 bits per heavy atom. The number of nitrogens with one attached hydrogen (secondary N) is 1. The van der Waals surface area contributed by atoms with E-state index in [1.807, 2.05) is 0 Å². The first kappa shape index (κ1) is 20.5. The van der Waals surface area contributed by atoms with E-state index in [1.165, 1.54) is 32.7 Å². The Hall–Kier alpha value is 0.420. The maximum Gasteiger partial charge on any atom is 0.0259 e. The van der Waals surface area contributed by atoms with Crippen LogP contribution in [0.25, 0.3) is 0 Å². The molecule has 1 aliphatic heterocycles. The quantitative estimate of drug-likeness (QED) is 0.841. The van der Waals surface area contributed by atoms with Crippen molar-refractivity contribution in [1.82, 2.24) is 15.3 Å². The maximum atomic E-state index is 3.78. The van der Waals surface area contributed by atoms with Crippen molar-refractivity contribution >= 4 is 24.8 Å². The van der Waals surface area contributed by atoms with Crippen molar-refractivity contribution in [3.05, 3.63) is 0 Å². The van der Waals surface area contributed by atoms with Gasteiger partial charge in [-0.1, -0.05) is 0 Å². The molecule has 0 spiro atoms. The average molecular weight is 354 g/mol. The van der Waals surface area contributed by atoms with E-state index in [2.05, 4.69) is 22.4 Å². The normalized spacial score (nSPS) is 40.5. The molecule has 6 heteroatoms. The minimum atomic E-state index is 0. The second kappa shape index (κ2) is 8.50. The van der Waals surface area contributed by atoms with E-state index in [4.69, 9.17) is 0 Å². The predicted octanol–water partition coefficient (Wildman–Crippen LogP) is 1.83. The van der Waals surface area contributed by atoms with Gasteiger partial charge in [0.15, 0.2) is 0 Å². The molecular weight excluding hydrogens is 321 g/mol. The SMILES string of the molecule is CN1CCN(NCC2C3CC4CC(C3)CC2C4)CC1.Cl.Cl.O. The smallest absolute Gasteiger partial charge is 0.0259 e. The number of piperazine rings is 1. The molecule has 22 heavy (non-hydrogen) atoms. The molecule has 4 nitrogen and oxygen atoms in total. The van der Waals surface area contributed by atoms with E-state index in [1.54, 1.807) is 32.1 Å². The fourth-order valence-electron chi connectivity index (χ4n) is 5.57. The summed E-state index contributed by atoms with van der Waals surface area (Å²) in [4.78, 5) is 2.43. The largest absolute Gasteiger partial charge is 0.412 e. The van der Waals surface area contributed by atoms with Crippen LogP contribution in [-0.4, -0.2) is 55.2 Å². The van der Waals surface area contributed by atoms with E-state index in [9.17, 15) is 0 Å². The Kier molecular flexibility index (Phi) is 7.90. The number of rotatable bonds is 3. The molecule has 3 N–H and O–H groups in total. The number of nitrogens with zero attached hydrogens (tertiary/aromatic N) is 2. The third-order valence-electron chi connectivity index (χ3n) is 6.48. The fraction of sp³-hybridized carbons (Fsp3) is 1.00. The lowest BCUT2D eigenvalue weighted by Gasteiger charge is -2.54. The van der Waals surface area contributed by atoms with E-state index in [-0.39, 0.29) is 30.3 Å². The molecule has 0 aromatic carbocycles. The fourth-order valence-corrected chi connectivity index (χ4v) is 5.57. The highest BCUT2D eigenvalue weighted by Crippen LogP contribution is 2.56. The van der Waals surface area contributed by atoms with Crippen LogP contribution in [0.1, 0.15) is 32.1 Å². The molecule has 5 aliphatic rings. The molecule has 5 fully saturated rings. The van der Waals surface area contributed by atoms with Gasteiger partial charge in [-0.3, -0.25) is 5.43 Å². The zero-order chi connectivity index (χ0) is 12.8. The number of likely N-dealkylation sites (N-methyl/N-ethyl adjacent to an activating group) is 1. The standard InChI is InChI=1S/C16H29N3.2ClH.H2O/c1-18-2-4-19(5-3-18)17-11-16-14-7-12-6-13(9-14)10-15(16)8-12;;;/h12-17H,2-11H2,1H3;2*1H;1H2. The van der Waals surface area contributed by atoms with Gasteiger partial charge in [0.2, 0.25) is 0 Å². The molecule has 4 saturated carbocycles. The second-order valence-electron chi connectivity index (χ2n) is 7.75. The van der Waals surface area contributed by atoms with E-state index < -0.39 is 0 Å². The third kappa shape index (κ3) is 4.08. The van der Waals surface area contributed by atoms with Crippen LogP contribution in [0.4, 0.5) is 0 Å². The predicted molar refractivity (Wildman–Crippen MR) is 95.7 cm³/mol. The number of hydrazine groups is 1. The number of hydrogen-bond acceptors (Lipinski definition) is 3. The second-order valence-corrected chi connectivity index (χ2v) is 7.75. The summed E-state index contributed by atoms with van der Waals surface area (Å²) in [5.41, 5.74) is 3.78. The van der Waals surface area contributed by atoms with Gasteiger partial charge in [0.1, 0.15) is 0 Å². The lowest BCUT2D eigenvalue weighted by Crippen LogP contribution is -2.55. The van der Waals surface area contributed by atoms with Crippen LogP contribution in [-0.2, 0) is 0 Å². The van der Waals surface area contributed by atoms with Crippen molar-refractivity contribution < 1.29 is 5.48 Å². The summed E-state index contributed by atoms with van der Waals surface area (Å²) in [6.45, 7) is 6.09. The van der Waals surface area contributed by atoms with Crippen molar-refractivity contribution in [2.45, 2.75) is 32.1 Å². The van der Waals surface area contributed by atoms with Gasteiger partial charge in [0.25, 0.3) is 0 Å². The first-order chi connectivity index (χ1) is 9.28. The molecule has 0 atom stereocenters. The molecule has 0 aromatic heterocycles. The molecule has 0 aromatic rings. The topological polar surface area (TPSA) is 50.0 Å². The summed E-state index contributed by atoms with van der Waals surface area (Å²) in [6, 6.07) is 0. The molecule has 1 heterocycles. The Bertz CT molecular complexity index is 309. The van der Waals surface area contributed by atoms with E-state index in [0.717, 1.165) is 29.6 Å². The van der Waals surface area contributed by atoms with Crippen molar-refractivity contribution in [1.29, 1.82) is 0 Å². The minimum Gasteiger partial charge on any atom is -0.412 e. The molecule has 4 aliphatic carbocycles. The van der Waals surface area contributed by atoms with Gasteiger partial charge < -0.3 is 10.4 Å². The lowest BCUT2D eigenvalue weighted by molar-refractivity contribution is -0.0448. The van der Waals surface area contributed by atoms with Crippen molar-refractivity contribution in [3.63, 3.8) is 0 Å². The van der Waals surface area contributed by atoms with Gasteiger partial charge in [-0.25, -0.2) is 5.01 Å². The molecule has 0 unspecified atom stereocenters. The number of halogens is 2. The Morgan fingerprint density at radius 2 is 1.32 bits per heavy atom. The van der Waals surface area contributed by atoms with Crippen molar-refractivity contribution in [2.24, 2.45) is 29.6 Å². The van der Waals surface area contributed by atoms with Crippen molar-refractivity contribution in [3.8, 4) is 0 Å². The summed E-state index contributed by atoms with van der Waals surface area (Å²) >= 11 is 0. The highest BCUT2D eigenvalue weighted by molar-refractivity contribution is 5.85. The van der Waals surface area contributed by atoms with Crippen LogP contribution in [0.2, 0.25) is 0 Å². The van der Waals surface area contributed by atoms with Gasteiger partial charge in [0, 0.05) is 32.7 Å². The molecule has 4 bridgehead atoms. The monoisotopic (exact) mass is 353 g/mol. The summed E-state index contributed by atoms with van der Waals surface area (Å²) < 4.78 is 0. The Labute approximate surface area is 147 Å². The molecule has 0 radical (unpaired) electrons. The lowest BCUT2D eigenvalue weighted by atomic mass is 9.52. The molecular formula is C16H33Cl2N3O. The average Bonchev–Trinajstić information content (AvgIpc) is 2.39.